The molecule has 0 atom stereocenters. The Morgan fingerprint density at radius 1 is 1.32 bits per heavy atom. The van der Waals surface area contributed by atoms with Crippen molar-refractivity contribution in [3.8, 4) is 0 Å². The van der Waals surface area contributed by atoms with Gasteiger partial charge in [0.1, 0.15) is 0 Å². The largest absolute Gasteiger partial charge is 0.383 e. The zero-order valence-corrected chi connectivity index (χ0v) is 13.2. The molecule has 2 amide bonds. The van der Waals surface area contributed by atoms with Gasteiger partial charge in [-0.25, -0.2) is 4.79 Å². The maximum absolute atomic E-state index is 12.1. The van der Waals surface area contributed by atoms with Crippen LogP contribution in [0.2, 0.25) is 0 Å². The molecule has 0 aromatic rings. The monoisotopic (exact) mass is 271 g/mol. The summed E-state index contributed by atoms with van der Waals surface area (Å²) in [7, 11) is 3.44. The maximum Gasteiger partial charge on any atom is 0.317 e. The standard InChI is InChI=1S/C14H29N3O2/c1-13(2)9-11(10-14(3,4)16-13)15-12(18)17(5)7-8-19-6/h11,16H,7-10H2,1-6H3,(H,15,18). The third kappa shape index (κ3) is 5.37. The molecule has 1 heterocycles. The molecule has 0 unspecified atom stereocenters. The Balaban J connectivity index is 2.54. The first-order chi connectivity index (χ1) is 8.65. The Bertz CT molecular complexity index is 300. The summed E-state index contributed by atoms with van der Waals surface area (Å²) in [5.41, 5.74) is 0.0929. The van der Waals surface area contributed by atoms with Crippen molar-refractivity contribution in [3.63, 3.8) is 0 Å². The van der Waals surface area contributed by atoms with E-state index in [2.05, 4.69) is 38.3 Å². The van der Waals surface area contributed by atoms with E-state index in [1.54, 1.807) is 19.1 Å². The maximum atomic E-state index is 12.1. The minimum Gasteiger partial charge on any atom is -0.383 e. The quantitative estimate of drug-likeness (QED) is 0.816. The number of methoxy groups -OCH3 is 1. The van der Waals surface area contributed by atoms with E-state index in [9.17, 15) is 4.79 Å². The van der Waals surface area contributed by atoms with Crippen LogP contribution in [0.4, 0.5) is 4.79 Å². The highest BCUT2D eigenvalue weighted by molar-refractivity contribution is 5.74. The predicted octanol–water partition coefficient (Wildman–Crippen LogP) is 1.58. The summed E-state index contributed by atoms with van der Waals surface area (Å²) in [6.45, 7) is 9.90. The number of nitrogens with zero attached hydrogens (tertiary/aromatic N) is 1. The van der Waals surface area contributed by atoms with Crippen LogP contribution in [0.15, 0.2) is 0 Å². The molecule has 0 aromatic carbocycles. The normalized spacial score (nSPS) is 22.0. The lowest BCUT2D eigenvalue weighted by Crippen LogP contribution is -2.62. The summed E-state index contributed by atoms with van der Waals surface area (Å²) in [4.78, 5) is 13.8. The highest BCUT2D eigenvalue weighted by Crippen LogP contribution is 2.28. The summed E-state index contributed by atoms with van der Waals surface area (Å²) in [6.07, 6.45) is 1.89. The number of ether oxygens (including phenoxy) is 1. The zero-order chi connectivity index (χ0) is 14.7. The van der Waals surface area contributed by atoms with Crippen molar-refractivity contribution in [2.24, 2.45) is 0 Å². The van der Waals surface area contributed by atoms with Crippen molar-refractivity contribution in [1.82, 2.24) is 15.5 Å². The fourth-order valence-electron chi connectivity index (χ4n) is 3.04. The fourth-order valence-corrected chi connectivity index (χ4v) is 3.04. The second kappa shape index (κ2) is 6.09. The first-order valence-electron chi connectivity index (χ1n) is 6.95. The van der Waals surface area contributed by atoms with Crippen LogP contribution in [0, 0.1) is 0 Å². The third-order valence-electron chi connectivity index (χ3n) is 3.50. The lowest BCUT2D eigenvalue weighted by molar-refractivity contribution is 0.133. The summed E-state index contributed by atoms with van der Waals surface area (Å²) >= 11 is 0. The molecule has 112 valence electrons. The molecule has 2 N–H and O–H groups in total. The van der Waals surface area contributed by atoms with Gasteiger partial charge in [0, 0.05) is 37.8 Å². The average molecular weight is 271 g/mol. The summed E-state index contributed by atoms with van der Waals surface area (Å²) in [5.74, 6) is 0. The lowest BCUT2D eigenvalue weighted by Gasteiger charge is -2.46. The molecular weight excluding hydrogens is 242 g/mol. The van der Waals surface area contributed by atoms with Crippen LogP contribution in [0.5, 0.6) is 0 Å². The van der Waals surface area contributed by atoms with Gasteiger partial charge in [-0.3, -0.25) is 0 Å². The number of carbonyl (C=O) groups excluding carboxylic acids is 1. The molecule has 0 bridgehead atoms. The van der Waals surface area contributed by atoms with Crippen LogP contribution in [0.3, 0.4) is 0 Å². The van der Waals surface area contributed by atoms with E-state index in [0.717, 1.165) is 12.8 Å². The highest BCUT2D eigenvalue weighted by Gasteiger charge is 2.38. The average Bonchev–Trinajstić information content (AvgIpc) is 2.20. The Kier molecular flexibility index (Phi) is 5.21. The van der Waals surface area contributed by atoms with Crippen LogP contribution in [0.25, 0.3) is 0 Å². The minimum atomic E-state index is -0.0180. The Labute approximate surface area is 117 Å². The van der Waals surface area contributed by atoms with Crippen molar-refractivity contribution in [3.05, 3.63) is 0 Å². The van der Waals surface area contributed by atoms with E-state index in [1.165, 1.54) is 0 Å². The van der Waals surface area contributed by atoms with Gasteiger partial charge in [-0.05, 0) is 40.5 Å². The Hall–Kier alpha value is -0.810. The summed E-state index contributed by atoms with van der Waals surface area (Å²) < 4.78 is 4.99. The Morgan fingerprint density at radius 2 is 1.84 bits per heavy atom. The molecule has 5 nitrogen and oxygen atoms in total. The number of urea groups is 1. The molecule has 5 heteroatoms. The minimum absolute atomic E-state index is 0.0180. The van der Waals surface area contributed by atoms with E-state index in [-0.39, 0.29) is 23.2 Å². The van der Waals surface area contributed by atoms with E-state index in [1.807, 2.05) is 0 Å². The first kappa shape index (κ1) is 16.2. The van der Waals surface area contributed by atoms with Crippen LogP contribution in [-0.2, 0) is 4.74 Å². The number of hydrogen-bond acceptors (Lipinski definition) is 3. The SMILES string of the molecule is COCCN(C)C(=O)NC1CC(C)(C)NC(C)(C)C1. The number of rotatable bonds is 4. The van der Waals surface area contributed by atoms with Gasteiger partial charge in [-0.1, -0.05) is 0 Å². The molecule has 0 spiro atoms. The van der Waals surface area contributed by atoms with Crippen LogP contribution in [0.1, 0.15) is 40.5 Å². The molecule has 1 saturated heterocycles. The molecular formula is C14H29N3O2. The predicted molar refractivity (Wildman–Crippen MR) is 77.4 cm³/mol. The van der Waals surface area contributed by atoms with Crippen molar-refractivity contribution in [2.75, 3.05) is 27.3 Å². The highest BCUT2D eigenvalue weighted by atomic mass is 16.5. The number of carbonyl (C=O) groups is 1. The van der Waals surface area contributed by atoms with E-state index >= 15 is 0 Å². The van der Waals surface area contributed by atoms with Crippen molar-refractivity contribution < 1.29 is 9.53 Å². The Morgan fingerprint density at radius 3 is 2.32 bits per heavy atom. The second-order valence-corrected chi connectivity index (χ2v) is 6.86. The lowest BCUT2D eigenvalue weighted by atomic mass is 9.80. The van der Waals surface area contributed by atoms with Gasteiger partial charge >= 0.3 is 6.03 Å². The van der Waals surface area contributed by atoms with E-state index in [4.69, 9.17) is 4.74 Å². The molecule has 0 aromatic heterocycles. The van der Waals surface area contributed by atoms with Gasteiger partial charge in [0.25, 0.3) is 0 Å². The molecule has 1 rings (SSSR count). The molecule has 0 saturated carbocycles. The van der Waals surface area contributed by atoms with Gasteiger partial charge < -0.3 is 20.3 Å². The van der Waals surface area contributed by atoms with Gasteiger partial charge in [0.05, 0.1) is 6.61 Å². The summed E-state index contributed by atoms with van der Waals surface area (Å²) in [5, 5.41) is 6.74. The zero-order valence-electron chi connectivity index (χ0n) is 13.2. The topological polar surface area (TPSA) is 53.6 Å². The fraction of sp³-hybridized carbons (Fsp3) is 0.929. The van der Waals surface area contributed by atoms with E-state index < -0.39 is 0 Å². The number of amides is 2. The second-order valence-electron chi connectivity index (χ2n) is 6.86. The van der Waals surface area contributed by atoms with Gasteiger partial charge in [0.15, 0.2) is 0 Å². The van der Waals surface area contributed by atoms with E-state index in [0.29, 0.717) is 13.2 Å². The number of hydrogen-bond donors (Lipinski definition) is 2. The van der Waals surface area contributed by atoms with Gasteiger partial charge in [-0.2, -0.15) is 0 Å². The first-order valence-corrected chi connectivity index (χ1v) is 6.95. The van der Waals surface area contributed by atoms with Gasteiger partial charge in [-0.15, -0.1) is 0 Å². The van der Waals surface area contributed by atoms with Crippen LogP contribution >= 0.6 is 0 Å². The van der Waals surface area contributed by atoms with Gasteiger partial charge in [0.2, 0.25) is 0 Å². The molecule has 0 aliphatic carbocycles. The van der Waals surface area contributed by atoms with Crippen LogP contribution < -0.4 is 10.6 Å². The molecule has 1 aliphatic rings. The molecule has 1 fully saturated rings. The van der Waals surface area contributed by atoms with Crippen LogP contribution in [-0.4, -0.2) is 55.4 Å². The molecule has 0 radical (unpaired) electrons. The molecule has 1 aliphatic heterocycles. The molecule has 19 heavy (non-hydrogen) atoms. The third-order valence-corrected chi connectivity index (χ3v) is 3.50. The number of likely N-dealkylation sites (N-methyl/N-ethyl adjacent to an activating group) is 1. The number of nitrogens with one attached hydrogen (secondary N) is 2. The van der Waals surface area contributed by atoms with Crippen molar-refractivity contribution in [1.29, 1.82) is 0 Å². The smallest absolute Gasteiger partial charge is 0.317 e. The van der Waals surface area contributed by atoms with Crippen molar-refractivity contribution >= 4 is 6.03 Å². The number of piperidine rings is 1. The van der Waals surface area contributed by atoms with Crippen molar-refractivity contribution in [2.45, 2.75) is 57.7 Å². The summed E-state index contributed by atoms with van der Waals surface area (Å²) in [6, 6.07) is 0.194.